The molecule has 0 amide bonds. The van der Waals surface area contributed by atoms with Gasteiger partial charge in [0, 0.05) is 22.7 Å². The number of sulfone groups is 1. The molecule has 15 heavy (non-hydrogen) atoms. The lowest BCUT2D eigenvalue weighted by atomic mass is 10.2. The average molecular weight is 267 g/mol. The van der Waals surface area contributed by atoms with Crippen LogP contribution >= 0.6 is 23.2 Å². The van der Waals surface area contributed by atoms with Crippen LogP contribution in [0.5, 0.6) is 0 Å². The summed E-state index contributed by atoms with van der Waals surface area (Å²) < 4.78 is 22.4. The molecule has 0 heterocycles. The van der Waals surface area contributed by atoms with Gasteiger partial charge >= 0.3 is 0 Å². The molecule has 0 aliphatic heterocycles. The molecule has 0 radical (unpaired) electrons. The van der Waals surface area contributed by atoms with Gasteiger partial charge in [0.25, 0.3) is 0 Å². The molecule has 1 aromatic rings. The highest BCUT2D eigenvalue weighted by Crippen LogP contribution is 2.28. The van der Waals surface area contributed by atoms with Gasteiger partial charge in [-0.2, -0.15) is 0 Å². The maximum atomic E-state index is 11.2. The van der Waals surface area contributed by atoms with Crippen molar-refractivity contribution in [3.63, 3.8) is 0 Å². The van der Waals surface area contributed by atoms with Crippen molar-refractivity contribution in [3.8, 4) is 0 Å². The normalized spacial score (nSPS) is 11.4. The molecule has 1 rings (SSSR count). The summed E-state index contributed by atoms with van der Waals surface area (Å²) in [6.45, 7) is 0. The molecule has 0 unspecified atom stereocenters. The van der Waals surface area contributed by atoms with Gasteiger partial charge in [-0.1, -0.05) is 23.2 Å². The molecule has 3 nitrogen and oxygen atoms in total. The molecule has 0 saturated heterocycles. The molecular weight excluding hydrogens is 259 g/mol. The molecule has 0 fully saturated rings. The van der Waals surface area contributed by atoms with E-state index >= 15 is 0 Å². The van der Waals surface area contributed by atoms with Crippen molar-refractivity contribution in [3.05, 3.63) is 27.7 Å². The summed E-state index contributed by atoms with van der Waals surface area (Å²) in [6.07, 6.45) is 1.79. The van der Waals surface area contributed by atoms with E-state index in [1.54, 1.807) is 0 Å². The van der Waals surface area contributed by atoms with Crippen LogP contribution < -0.4 is 0 Å². The minimum atomic E-state index is -3.34. The second kappa shape index (κ2) is 4.51. The zero-order chi connectivity index (χ0) is 11.6. The molecule has 0 N–H and O–H groups in total. The van der Waals surface area contributed by atoms with Gasteiger partial charge < -0.3 is 4.79 Å². The monoisotopic (exact) mass is 266 g/mol. The highest BCUT2D eigenvalue weighted by Gasteiger charge is 2.13. The van der Waals surface area contributed by atoms with E-state index in [-0.39, 0.29) is 21.4 Å². The predicted molar refractivity (Wildman–Crippen MR) is 59.3 cm³/mol. The lowest BCUT2D eigenvalue weighted by Gasteiger charge is -2.06. The fourth-order valence-corrected chi connectivity index (χ4v) is 2.51. The van der Waals surface area contributed by atoms with Gasteiger partial charge in [0.05, 0.1) is 4.90 Å². The lowest BCUT2D eigenvalue weighted by molar-refractivity contribution is -0.107. The van der Waals surface area contributed by atoms with Crippen molar-refractivity contribution < 1.29 is 13.2 Å². The molecular formula is C9H8Cl2O3S. The second-order valence-electron chi connectivity index (χ2n) is 3.01. The van der Waals surface area contributed by atoms with Crippen molar-refractivity contribution in [2.24, 2.45) is 0 Å². The van der Waals surface area contributed by atoms with E-state index in [4.69, 9.17) is 23.2 Å². The Kier molecular flexibility index (Phi) is 3.76. The molecule has 0 atom stereocenters. The Morgan fingerprint density at radius 3 is 2.07 bits per heavy atom. The van der Waals surface area contributed by atoms with E-state index in [9.17, 15) is 13.2 Å². The van der Waals surface area contributed by atoms with Crippen molar-refractivity contribution in [1.29, 1.82) is 0 Å². The molecule has 0 aliphatic carbocycles. The van der Waals surface area contributed by atoms with Crippen LogP contribution in [0.1, 0.15) is 5.56 Å². The van der Waals surface area contributed by atoms with Gasteiger partial charge in [-0.3, -0.25) is 0 Å². The standard InChI is InChI=1S/C9H8Cl2O3S/c1-15(13,14)6-4-8(10)7(2-3-12)9(11)5-6/h3-5H,2H2,1H3. The highest BCUT2D eigenvalue weighted by atomic mass is 35.5. The van der Waals surface area contributed by atoms with E-state index < -0.39 is 9.84 Å². The summed E-state index contributed by atoms with van der Waals surface area (Å²) in [6, 6.07) is 2.59. The topological polar surface area (TPSA) is 51.2 Å². The Hall–Kier alpha value is -0.580. The average Bonchev–Trinajstić information content (AvgIpc) is 2.09. The van der Waals surface area contributed by atoms with Crippen LogP contribution in [0.2, 0.25) is 10.0 Å². The summed E-state index contributed by atoms with van der Waals surface area (Å²) in [4.78, 5) is 10.4. The third kappa shape index (κ3) is 2.93. The van der Waals surface area contributed by atoms with Gasteiger partial charge in [0.1, 0.15) is 6.29 Å². The van der Waals surface area contributed by atoms with Crippen molar-refractivity contribution in [1.82, 2.24) is 0 Å². The lowest BCUT2D eigenvalue weighted by Crippen LogP contribution is -1.99. The van der Waals surface area contributed by atoms with Crippen molar-refractivity contribution >= 4 is 39.3 Å². The molecule has 6 heteroatoms. The first kappa shape index (κ1) is 12.5. The maximum Gasteiger partial charge on any atom is 0.175 e. The Labute approximate surface area is 97.9 Å². The zero-order valence-corrected chi connectivity index (χ0v) is 10.2. The Morgan fingerprint density at radius 1 is 1.27 bits per heavy atom. The van der Waals surface area contributed by atoms with Gasteiger partial charge in [0.15, 0.2) is 9.84 Å². The molecule has 0 spiro atoms. The smallest absolute Gasteiger partial charge is 0.175 e. The van der Waals surface area contributed by atoms with Gasteiger partial charge in [0.2, 0.25) is 0 Å². The number of carbonyl (C=O) groups excluding carboxylic acids is 1. The molecule has 82 valence electrons. The quantitative estimate of drug-likeness (QED) is 0.788. The summed E-state index contributed by atoms with van der Waals surface area (Å²) in [7, 11) is -3.34. The van der Waals surface area contributed by atoms with Gasteiger partial charge in [-0.05, 0) is 17.7 Å². The summed E-state index contributed by atoms with van der Waals surface area (Å²) in [5.74, 6) is 0. The van der Waals surface area contributed by atoms with Crippen LogP contribution in [0.15, 0.2) is 17.0 Å². The number of aldehydes is 1. The van der Waals surface area contributed by atoms with E-state index in [0.29, 0.717) is 11.8 Å². The molecule has 1 aromatic carbocycles. The third-order valence-corrected chi connectivity index (χ3v) is 3.60. The zero-order valence-electron chi connectivity index (χ0n) is 7.83. The van der Waals surface area contributed by atoms with Gasteiger partial charge in [-0.25, -0.2) is 8.42 Å². The first-order valence-corrected chi connectivity index (χ1v) is 6.62. The van der Waals surface area contributed by atoms with E-state index in [1.165, 1.54) is 12.1 Å². The largest absolute Gasteiger partial charge is 0.303 e. The van der Waals surface area contributed by atoms with Crippen LogP contribution in [-0.4, -0.2) is 21.0 Å². The number of carbonyl (C=O) groups is 1. The summed E-state index contributed by atoms with van der Waals surface area (Å²) in [5.41, 5.74) is 0.445. The minimum Gasteiger partial charge on any atom is -0.303 e. The van der Waals surface area contributed by atoms with Crippen LogP contribution in [0.4, 0.5) is 0 Å². The second-order valence-corrected chi connectivity index (χ2v) is 5.84. The van der Waals surface area contributed by atoms with Crippen LogP contribution in [0, 0.1) is 0 Å². The van der Waals surface area contributed by atoms with Crippen LogP contribution in [0.3, 0.4) is 0 Å². The number of rotatable bonds is 3. The third-order valence-electron chi connectivity index (χ3n) is 1.83. The number of hydrogen-bond acceptors (Lipinski definition) is 3. The highest BCUT2D eigenvalue weighted by molar-refractivity contribution is 7.90. The Balaban J connectivity index is 3.38. The summed E-state index contributed by atoms with van der Waals surface area (Å²) in [5, 5.41) is 0.380. The first-order chi connectivity index (χ1) is 6.86. The van der Waals surface area contributed by atoms with Crippen molar-refractivity contribution in [2.75, 3.05) is 6.26 Å². The molecule has 0 bridgehead atoms. The van der Waals surface area contributed by atoms with E-state index in [1.807, 2.05) is 0 Å². The Morgan fingerprint density at radius 2 is 1.73 bits per heavy atom. The fraction of sp³-hybridized carbons (Fsp3) is 0.222. The van der Waals surface area contributed by atoms with E-state index in [0.717, 1.165) is 6.26 Å². The van der Waals surface area contributed by atoms with E-state index in [2.05, 4.69) is 0 Å². The number of benzene rings is 1. The SMILES string of the molecule is CS(=O)(=O)c1cc(Cl)c(CC=O)c(Cl)c1. The first-order valence-electron chi connectivity index (χ1n) is 3.98. The minimum absolute atomic E-state index is 0.0483. The fourth-order valence-electron chi connectivity index (χ4n) is 1.07. The number of hydrogen-bond donors (Lipinski definition) is 0. The van der Waals surface area contributed by atoms with Crippen LogP contribution in [0.25, 0.3) is 0 Å². The maximum absolute atomic E-state index is 11.2. The molecule has 0 aromatic heterocycles. The Bertz CT molecular complexity index is 471. The van der Waals surface area contributed by atoms with Crippen LogP contribution in [-0.2, 0) is 21.1 Å². The number of halogens is 2. The molecule has 0 saturated carbocycles. The predicted octanol–water partition coefficient (Wildman–Crippen LogP) is 2.14. The van der Waals surface area contributed by atoms with Gasteiger partial charge in [-0.15, -0.1) is 0 Å². The van der Waals surface area contributed by atoms with Crippen molar-refractivity contribution in [2.45, 2.75) is 11.3 Å². The summed E-state index contributed by atoms with van der Waals surface area (Å²) >= 11 is 11.6. The molecule has 0 aliphatic rings.